The molecule has 1 aromatic carbocycles. The lowest BCUT2D eigenvalue weighted by Crippen LogP contribution is -2.35. The van der Waals surface area contributed by atoms with Crippen LogP contribution >= 0.6 is 11.3 Å². The van der Waals surface area contributed by atoms with Gasteiger partial charge in [-0.05, 0) is 37.1 Å². The lowest BCUT2D eigenvalue weighted by Gasteiger charge is -2.25. The van der Waals surface area contributed by atoms with E-state index in [1.807, 2.05) is 17.5 Å². The lowest BCUT2D eigenvalue weighted by atomic mass is 10.1. The first-order valence-corrected chi connectivity index (χ1v) is 9.70. The first-order valence-electron chi connectivity index (χ1n) is 8.82. The van der Waals surface area contributed by atoms with Crippen LogP contribution in [0, 0.1) is 0 Å². The summed E-state index contributed by atoms with van der Waals surface area (Å²) >= 11 is 1.53. The van der Waals surface area contributed by atoms with Gasteiger partial charge in [0.15, 0.2) is 5.78 Å². The summed E-state index contributed by atoms with van der Waals surface area (Å²) in [6.45, 7) is 6.27. The number of carbonyl (C=O) groups is 2. The predicted octanol–water partition coefficient (Wildman–Crippen LogP) is 2.38. The van der Waals surface area contributed by atoms with Crippen LogP contribution in [0.1, 0.15) is 38.3 Å². The Balaban J connectivity index is 1.48. The average molecular weight is 371 g/mol. The normalized spacial score (nSPS) is 17.3. The molecule has 0 N–H and O–H groups in total. The van der Waals surface area contributed by atoms with Gasteiger partial charge < -0.3 is 9.64 Å². The van der Waals surface area contributed by atoms with Gasteiger partial charge in [-0.15, -0.1) is 11.3 Å². The van der Waals surface area contributed by atoms with Crippen LogP contribution in [0.4, 0.5) is 5.69 Å². The number of hydrogen-bond donors (Lipinski definition) is 0. The summed E-state index contributed by atoms with van der Waals surface area (Å²) in [4.78, 5) is 33.1. The van der Waals surface area contributed by atoms with E-state index in [2.05, 4.69) is 9.88 Å². The molecule has 1 saturated heterocycles. The number of morpholine rings is 1. The zero-order valence-electron chi connectivity index (χ0n) is 14.7. The Hall–Kier alpha value is -2.09. The Labute approximate surface area is 156 Å². The molecule has 3 heterocycles. The summed E-state index contributed by atoms with van der Waals surface area (Å²) in [5.41, 5.74) is 3.14. The van der Waals surface area contributed by atoms with E-state index < -0.39 is 0 Å². The molecule has 0 aliphatic carbocycles. The molecule has 2 aliphatic rings. The van der Waals surface area contributed by atoms with Gasteiger partial charge >= 0.3 is 0 Å². The van der Waals surface area contributed by atoms with Gasteiger partial charge in [-0.25, -0.2) is 4.98 Å². The molecule has 0 atom stereocenters. The summed E-state index contributed by atoms with van der Waals surface area (Å²) in [7, 11) is 0. The minimum Gasteiger partial charge on any atom is -0.379 e. The maximum Gasteiger partial charge on any atom is 0.277 e. The first kappa shape index (κ1) is 17.3. The third kappa shape index (κ3) is 3.42. The summed E-state index contributed by atoms with van der Waals surface area (Å²) < 4.78 is 5.36. The molecule has 0 bridgehead atoms. The zero-order chi connectivity index (χ0) is 18.1. The number of anilines is 1. The Morgan fingerprint density at radius 3 is 2.81 bits per heavy atom. The average Bonchev–Trinajstić information content (AvgIpc) is 3.28. The number of benzene rings is 1. The molecule has 0 unspecified atom stereocenters. The Morgan fingerprint density at radius 2 is 2.04 bits per heavy atom. The van der Waals surface area contributed by atoms with Crippen molar-refractivity contribution < 1.29 is 14.3 Å². The molecule has 26 heavy (non-hydrogen) atoms. The van der Waals surface area contributed by atoms with Crippen molar-refractivity contribution in [3.8, 4) is 0 Å². The molecule has 1 aromatic heterocycles. The molecule has 4 rings (SSSR count). The standard InChI is InChI=1S/C19H21N3O3S/c1-13(23)14-2-3-17-15(10-14)4-5-22(17)19(24)16-12-26-18(20-16)11-21-6-8-25-9-7-21/h2-3,10,12H,4-9,11H2,1H3. The maximum atomic E-state index is 12.9. The quantitative estimate of drug-likeness (QED) is 0.772. The van der Waals surface area contributed by atoms with Crippen LogP contribution in [0.3, 0.4) is 0 Å². The van der Waals surface area contributed by atoms with Crippen molar-refractivity contribution in [1.29, 1.82) is 0 Å². The highest BCUT2D eigenvalue weighted by Gasteiger charge is 2.27. The van der Waals surface area contributed by atoms with Crippen LogP contribution < -0.4 is 4.90 Å². The summed E-state index contributed by atoms with van der Waals surface area (Å²) in [6, 6.07) is 5.56. The van der Waals surface area contributed by atoms with Crippen molar-refractivity contribution in [2.45, 2.75) is 19.9 Å². The molecular weight excluding hydrogens is 350 g/mol. The third-order valence-electron chi connectivity index (χ3n) is 4.86. The van der Waals surface area contributed by atoms with Crippen molar-refractivity contribution in [2.75, 3.05) is 37.7 Å². The number of aromatic nitrogens is 1. The second-order valence-corrected chi connectivity index (χ2v) is 7.56. The Bertz CT molecular complexity index is 842. The molecule has 2 aliphatic heterocycles. The molecule has 136 valence electrons. The van der Waals surface area contributed by atoms with Crippen LogP contribution in [0.25, 0.3) is 0 Å². The second-order valence-electron chi connectivity index (χ2n) is 6.62. The number of fused-ring (bicyclic) bond motifs is 1. The second kappa shape index (κ2) is 7.26. The number of nitrogens with zero attached hydrogens (tertiary/aromatic N) is 3. The number of thiazole rings is 1. The number of ketones is 1. The number of amides is 1. The lowest BCUT2D eigenvalue weighted by molar-refractivity contribution is 0.0341. The molecule has 0 spiro atoms. The summed E-state index contributed by atoms with van der Waals surface area (Å²) in [5.74, 6) is -0.0198. The van der Waals surface area contributed by atoms with E-state index >= 15 is 0 Å². The fourth-order valence-electron chi connectivity index (χ4n) is 3.40. The number of carbonyl (C=O) groups excluding carboxylic acids is 2. The Kier molecular flexibility index (Phi) is 4.84. The number of hydrogen-bond acceptors (Lipinski definition) is 6. The molecule has 1 amide bonds. The largest absolute Gasteiger partial charge is 0.379 e. The predicted molar refractivity (Wildman–Crippen MR) is 100 cm³/mol. The SMILES string of the molecule is CC(=O)c1ccc2c(c1)CCN2C(=O)c1csc(CN2CCOCC2)n1. The van der Waals surface area contributed by atoms with Crippen LogP contribution in [0.15, 0.2) is 23.6 Å². The fourth-order valence-corrected chi connectivity index (χ4v) is 4.21. The summed E-state index contributed by atoms with van der Waals surface area (Å²) in [6.07, 6.45) is 0.771. The van der Waals surface area contributed by atoms with Gasteiger partial charge in [0, 0.05) is 36.3 Å². The highest BCUT2D eigenvalue weighted by molar-refractivity contribution is 7.09. The van der Waals surface area contributed by atoms with E-state index in [1.54, 1.807) is 17.9 Å². The Morgan fingerprint density at radius 1 is 1.23 bits per heavy atom. The monoisotopic (exact) mass is 371 g/mol. The van der Waals surface area contributed by atoms with Crippen molar-refractivity contribution in [3.05, 3.63) is 45.4 Å². The molecule has 2 aromatic rings. The first-order chi connectivity index (χ1) is 12.6. The minimum absolute atomic E-state index is 0.0461. The topological polar surface area (TPSA) is 62.7 Å². The van der Waals surface area contributed by atoms with Gasteiger partial charge in [0.1, 0.15) is 10.7 Å². The molecular formula is C19H21N3O3S. The van der Waals surface area contributed by atoms with E-state index in [9.17, 15) is 9.59 Å². The van der Waals surface area contributed by atoms with Gasteiger partial charge in [0.2, 0.25) is 0 Å². The van der Waals surface area contributed by atoms with Crippen LogP contribution in [0.5, 0.6) is 0 Å². The number of ether oxygens (including phenoxy) is 1. The van der Waals surface area contributed by atoms with Gasteiger partial charge in [-0.2, -0.15) is 0 Å². The smallest absolute Gasteiger partial charge is 0.277 e. The van der Waals surface area contributed by atoms with E-state index in [0.29, 0.717) is 17.8 Å². The zero-order valence-corrected chi connectivity index (χ0v) is 15.6. The van der Waals surface area contributed by atoms with Crippen molar-refractivity contribution in [1.82, 2.24) is 9.88 Å². The maximum absolute atomic E-state index is 12.9. The highest BCUT2D eigenvalue weighted by atomic mass is 32.1. The molecule has 7 heteroatoms. The number of Topliss-reactive ketones (excluding diaryl/α,β-unsaturated/α-hetero) is 1. The molecule has 1 fully saturated rings. The van der Waals surface area contributed by atoms with Crippen LogP contribution in [0.2, 0.25) is 0 Å². The minimum atomic E-state index is -0.0659. The third-order valence-corrected chi connectivity index (χ3v) is 5.69. The highest BCUT2D eigenvalue weighted by Crippen LogP contribution is 2.30. The van der Waals surface area contributed by atoms with E-state index in [1.165, 1.54) is 11.3 Å². The van der Waals surface area contributed by atoms with E-state index in [0.717, 1.165) is 55.5 Å². The van der Waals surface area contributed by atoms with Crippen molar-refractivity contribution in [2.24, 2.45) is 0 Å². The molecule has 0 radical (unpaired) electrons. The van der Waals surface area contributed by atoms with Crippen LogP contribution in [-0.2, 0) is 17.7 Å². The van der Waals surface area contributed by atoms with Gasteiger partial charge in [0.05, 0.1) is 19.8 Å². The van der Waals surface area contributed by atoms with Crippen molar-refractivity contribution in [3.63, 3.8) is 0 Å². The summed E-state index contributed by atoms with van der Waals surface area (Å²) in [5, 5.41) is 2.81. The van der Waals surface area contributed by atoms with E-state index in [4.69, 9.17) is 4.74 Å². The molecule has 6 nitrogen and oxygen atoms in total. The van der Waals surface area contributed by atoms with E-state index in [-0.39, 0.29) is 11.7 Å². The van der Waals surface area contributed by atoms with Gasteiger partial charge in [-0.1, -0.05) is 0 Å². The molecule has 0 saturated carbocycles. The van der Waals surface area contributed by atoms with Crippen LogP contribution in [-0.4, -0.2) is 54.4 Å². The van der Waals surface area contributed by atoms with Crippen molar-refractivity contribution >= 4 is 28.7 Å². The van der Waals surface area contributed by atoms with Gasteiger partial charge in [-0.3, -0.25) is 14.5 Å². The number of rotatable bonds is 4. The van der Waals surface area contributed by atoms with Gasteiger partial charge in [0.25, 0.3) is 5.91 Å². The fraction of sp³-hybridized carbons (Fsp3) is 0.421.